The highest BCUT2D eigenvalue weighted by atomic mass is 16.5. The molecule has 1 spiro atoms. The Balaban J connectivity index is 1.62. The van der Waals surface area contributed by atoms with Gasteiger partial charge in [0.2, 0.25) is 0 Å². The molecule has 1 amide bonds. The summed E-state index contributed by atoms with van der Waals surface area (Å²) >= 11 is 0. The molecule has 2 fully saturated rings. The van der Waals surface area contributed by atoms with Crippen LogP contribution in [0.3, 0.4) is 0 Å². The first kappa shape index (κ1) is 17.8. The van der Waals surface area contributed by atoms with Crippen molar-refractivity contribution < 1.29 is 13.9 Å². The van der Waals surface area contributed by atoms with Crippen LogP contribution in [0.4, 0.5) is 0 Å². The molecule has 2 unspecified atom stereocenters. The van der Waals surface area contributed by atoms with Gasteiger partial charge in [0.05, 0.1) is 6.10 Å². The van der Waals surface area contributed by atoms with Crippen LogP contribution >= 0.6 is 0 Å². The van der Waals surface area contributed by atoms with Crippen LogP contribution in [0.15, 0.2) is 21.5 Å². The van der Waals surface area contributed by atoms with Crippen LogP contribution < -0.4 is 16.4 Å². The minimum absolute atomic E-state index is 0.162. The van der Waals surface area contributed by atoms with E-state index in [1.807, 2.05) is 6.92 Å². The first-order chi connectivity index (χ1) is 12.1. The molecule has 2 saturated carbocycles. The van der Waals surface area contributed by atoms with Crippen molar-refractivity contribution in [3.05, 3.63) is 23.7 Å². The second-order valence-electron chi connectivity index (χ2n) is 6.79. The maximum atomic E-state index is 11.1. The van der Waals surface area contributed by atoms with Gasteiger partial charge in [-0.3, -0.25) is 4.79 Å². The summed E-state index contributed by atoms with van der Waals surface area (Å²) in [6.45, 7) is 6.01. The minimum atomic E-state index is -0.566. The molecule has 0 aromatic carbocycles. The third-order valence-electron chi connectivity index (χ3n) is 5.39. The normalized spacial score (nSPS) is 24.5. The van der Waals surface area contributed by atoms with Gasteiger partial charge in [-0.15, -0.1) is 0 Å². The lowest BCUT2D eigenvalue weighted by Crippen LogP contribution is -2.68. The predicted molar refractivity (Wildman–Crippen MR) is 95.3 cm³/mol. The molecule has 2 aliphatic carbocycles. The summed E-state index contributed by atoms with van der Waals surface area (Å²) in [7, 11) is 0. The highest BCUT2D eigenvalue weighted by Gasteiger charge is 2.59. The summed E-state index contributed by atoms with van der Waals surface area (Å²) in [6, 6.07) is 3.71. The number of ether oxygens (including phenoxy) is 1. The van der Waals surface area contributed by atoms with Crippen LogP contribution in [-0.2, 0) is 11.3 Å². The lowest BCUT2D eigenvalue weighted by atomic mass is 9.51. The third-order valence-corrected chi connectivity index (χ3v) is 5.39. The van der Waals surface area contributed by atoms with Crippen LogP contribution in [0.5, 0.6) is 0 Å². The van der Waals surface area contributed by atoms with Crippen molar-refractivity contribution in [2.75, 3.05) is 13.2 Å². The number of furan rings is 1. The van der Waals surface area contributed by atoms with Gasteiger partial charge in [-0.2, -0.15) is 0 Å². The van der Waals surface area contributed by atoms with Crippen LogP contribution in [0.2, 0.25) is 0 Å². The average Bonchev–Trinajstić information content (AvgIpc) is 2.99. The number of carbonyl (C=O) groups excluding carboxylic acids is 1. The number of nitrogens with two attached hydrogens (primary N) is 1. The van der Waals surface area contributed by atoms with Crippen molar-refractivity contribution >= 4 is 11.9 Å². The van der Waals surface area contributed by atoms with E-state index in [4.69, 9.17) is 14.9 Å². The molecular formula is C18H28N4O3. The van der Waals surface area contributed by atoms with E-state index in [9.17, 15) is 4.79 Å². The molecule has 1 aromatic heterocycles. The van der Waals surface area contributed by atoms with E-state index in [-0.39, 0.29) is 11.2 Å². The van der Waals surface area contributed by atoms with Crippen LogP contribution in [0.1, 0.15) is 55.8 Å². The molecule has 0 saturated heterocycles. The maximum Gasteiger partial charge on any atom is 0.284 e. The Hall–Kier alpha value is -2.02. The van der Waals surface area contributed by atoms with Crippen LogP contribution in [-0.4, -0.2) is 37.2 Å². The first-order valence-corrected chi connectivity index (χ1v) is 9.14. The van der Waals surface area contributed by atoms with Gasteiger partial charge in [-0.05, 0) is 45.2 Å². The number of hydrogen-bond acceptors (Lipinski definition) is 4. The molecule has 138 valence electrons. The molecule has 1 heterocycles. The van der Waals surface area contributed by atoms with Gasteiger partial charge < -0.3 is 25.5 Å². The summed E-state index contributed by atoms with van der Waals surface area (Å²) in [5.41, 5.74) is 5.48. The molecule has 4 N–H and O–H groups in total. The molecular weight excluding hydrogens is 320 g/mol. The number of hydrogen-bond donors (Lipinski definition) is 3. The summed E-state index contributed by atoms with van der Waals surface area (Å²) in [5.74, 6) is 0.981. The molecule has 7 nitrogen and oxygen atoms in total. The summed E-state index contributed by atoms with van der Waals surface area (Å²) in [5, 5.41) is 6.84. The molecule has 3 rings (SSSR count). The van der Waals surface area contributed by atoms with Gasteiger partial charge in [0.15, 0.2) is 11.7 Å². The standard InChI is InChI=1S/C18H28N4O3/c1-3-20-17(21-11-12-6-7-13(25-12)16(19)23)22-14-10-15(24-4-2)18(14)8-5-9-18/h6-7,14-15H,3-5,8-11H2,1-2H3,(H2,19,23)(H2,20,21,22). The second kappa shape index (κ2) is 7.47. The lowest BCUT2D eigenvalue weighted by Gasteiger charge is -2.61. The molecule has 7 heteroatoms. The van der Waals surface area contributed by atoms with Gasteiger partial charge in [0, 0.05) is 24.6 Å². The molecule has 25 heavy (non-hydrogen) atoms. The third kappa shape index (κ3) is 3.51. The Morgan fingerprint density at radius 3 is 2.80 bits per heavy atom. The SMILES string of the molecule is CCNC(=NCc1ccc(C(N)=O)o1)NC1CC(OCC)C12CCC2. The predicted octanol–water partition coefficient (Wildman–Crippen LogP) is 1.78. The fourth-order valence-corrected chi connectivity index (χ4v) is 3.88. The number of guanidine groups is 1. The first-order valence-electron chi connectivity index (χ1n) is 9.14. The molecule has 0 radical (unpaired) electrons. The zero-order valence-corrected chi connectivity index (χ0v) is 15.0. The number of amides is 1. The summed E-state index contributed by atoms with van der Waals surface area (Å²) in [6.07, 6.45) is 5.10. The second-order valence-corrected chi connectivity index (χ2v) is 6.79. The van der Waals surface area contributed by atoms with Gasteiger partial charge in [0.1, 0.15) is 12.3 Å². The van der Waals surface area contributed by atoms with Gasteiger partial charge >= 0.3 is 0 Å². The molecule has 2 aliphatic rings. The Kier molecular flexibility index (Phi) is 5.32. The minimum Gasteiger partial charge on any atom is -0.454 e. The molecule has 2 atom stereocenters. The van der Waals surface area contributed by atoms with Crippen molar-refractivity contribution in [1.82, 2.24) is 10.6 Å². The van der Waals surface area contributed by atoms with Crippen molar-refractivity contribution in [2.45, 2.75) is 58.2 Å². The Morgan fingerprint density at radius 2 is 2.24 bits per heavy atom. The zero-order chi connectivity index (χ0) is 17.9. The monoisotopic (exact) mass is 348 g/mol. The summed E-state index contributed by atoms with van der Waals surface area (Å²) < 4.78 is 11.3. The number of primary amides is 1. The zero-order valence-electron chi connectivity index (χ0n) is 15.0. The Bertz CT molecular complexity index is 636. The van der Waals surface area contributed by atoms with E-state index >= 15 is 0 Å². The highest BCUT2D eigenvalue weighted by molar-refractivity contribution is 5.89. The number of carbonyl (C=O) groups is 1. The Labute approximate surface area is 148 Å². The average molecular weight is 348 g/mol. The molecule has 0 aliphatic heterocycles. The van der Waals surface area contributed by atoms with Gasteiger partial charge in [-0.25, -0.2) is 4.99 Å². The van der Waals surface area contributed by atoms with E-state index in [2.05, 4.69) is 22.5 Å². The smallest absolute Gasteiger partial charge is 0.284 e. The summed E-state index contributed by atoms with van der Waals surface area (Å²) in [4.78, 5) is 15.7. The number of rotatable bonds is 7. The van der Waals surface area contributed by atoms with Crippen molar-refractivity contribution in [1.29, 1.82) is 0 Å². The number of aliphatic imine (C=N–C) groups is 1. The lowest BCUT2D eigenvalue weighted by molar-refractivity contribution is -0.168. The van der Waals surface area contributed by atoms with E-state index in [0.717, 1.165) is 25.5 Å². The fraction of sp³-hybridized carbons (Fsp3) is 0.667. The van der Waals surface area contributed by atoms with Crippen molar-refractivity contribution in [3.63, 3.8) is 0 Å². The van der Waals surface area contributed by atoms with Crippen molar-refractivity contribution in [2.24, 2.45) is 16.1 Å². The number of nitrogens with zero attached hydrogens (tertiary/aromatic N) is 1. The largest absolute Gasteiger partial charge is 0.454 e. The fourth-order valence-electron chi connectivity index (χ4n) is 3.88. The highest BCUT2D eigenvalue weighted by Crippen LogP contribution is 2.57. The van der Waals surface area contributed by atoms with E-state index in [1.165, 1.54) is 19.3 Å². The van der Waals surface area contributed by atoms with Crippen LogP contribution in [0.25, 0.3) is 0 Å². The van der Waals surface area contributed by atoms with E-state index in [0.29, 0.717) is 24.5 Å². The van der Waals surface area contributed by atoms with E-state index < -0.39 is 5.91 Å². The van der Waals surface area contributed by atoms with Gasteiger partial charge in [-0.1, -0.05) is 6.42 Å². The molecule has 1 aromatic rings. The topological polar surface area (TPSA) is 102 Å². The quantitative estimate of drug-likeness (QED) is 0.515. The Morgan fingerprint density at radius 1 is 1.44 bits per heavy atom. The maximum absolute atomic E-state index is 11.1. The van der Waals surface area contributed by atoms with E-state index in [1.54, 1.807) is 12.1 Å². The molecule has 0 bridgehead atoms. The van der Waals surface area contributed by atoms with Crippen molar-refractivity contribution in [3.8, 4) is 0 Å². The number of nitrogens with one attached hydrogen (secondary N) is 2. The van der Waals surface area contributed by atoms with Crippen LogP contribution in [0, 0.1) is 5.41 Å². The van der Waals surface area contributed by atoms with Gasteiger partial charge in [0.25, 0.3) is 5.91 Å².